The molecule has 0 N–H and O–H groups in total. The van der Waals surface area contributed by atoms with Crippen molar-refractivity contribution in [2.45, 2.75) is 56.4 Å². The zero-order valence-electron chi connectivity index (χ0n) is 11.3. The molecule has 2 unspecified atom stereocenters. The van der Waals surface area contributed by atoms with Gasteiger partial charge in [0.25, 0.3) is 5.91 Å². The van der Waals surface area contributed by atoms with Crippen LogP contribution in [0.1, 0.15) is 47.4 Å². The van der Waals surface area contributed by atoms with Crippen molar-refractivity contribution < 1.29 is 4.79 Å². The van der Waals surface area contributed by atoms with Crippen LogP contribution in [0.2, 0.25) is 0 Å². The van der Waals surface area contributed by atoms with Crippen molar-refractivity contribution in [3.05, 3.63) is 23.0 Å². The van der Waals surface area contributed by atoms with Gasteiger partial charge in [-0.25, -0.2) is 0 Å². The van der Waals surface area contributed by atoms with E-state index in [1.54, 1.807) is 0 Å². The SMILES string of the molecule is Cc1cc(C(=O)N2C3CCC2CC(Br)C3)c(C)nn1. The van der Waals surface area contributed by atoms with E-state index in [-0.39, 0.29) is 5.91 Å². The third-order valence-electron chi connectivity index (χ3n) is 4.24. The first-order chi connectivity index (χ1) is 9.06. The minimum atomic E-state index is 0.141. The molecule has 3 rings (SSSR count). The highest BCUT2D eigenvalue weighted by Gasteiger charge is 2.43. The molecule has 102 valence electrons. The second-order valence-electron chi connectivity index (χ2n) is 5.65. The van der Waals surface area contributed by atoms with Crippen molar-refractivity contribution in [1.29, 1.82) is 0 Å². The van der Waals surface area contributed by atoms with Gasteiger partial charge in [-0.2, -0.15) is 10.2 Å². The number of halogens is 1. The average molecular weight is 324 g/mol. The molecule has 2 saturated heterocycles. The van der Waals surface area contributed by atoms with Crippen LogP contribution in [0.4, 0.5) is 0 Å². The number of amides is 1. The van der Waals surface area contributed by atoms with Crippen LogP contribution < -0.4 is 0 Å². The first-order valence-corrected chi connectivity index (χ1v) is 7.75. The fraction of sp³-hybridized carbons (Fsp3) is 0.643. The molecule has 0 aliphatic carbocycles. The normalized spacial score (nSPS) is 29.6. The average Bonchev–Trinajstić information content (AvgIpc) is 2.64. The van der Waals surface area contributed by atoms with Crippen LogP contribution in [-0.2, 0) is 0 Å². The Bertz CT molecular complexity index is 505. The molecule has 1 aromatic rings. The monoisotopic (exact) mass is 323 g/mol. The lowest BCUT2D eigenvalue weighted by Gasteiger charge is -2.37. The van der Waals surface area contributed by atoms with Gasteiger partial charge in [0.1, 0.15) is 0 Å². The predicted molar refractivity (Wildman–Crippen MR) is 76.4 cm³/mol. The molecule has 0 spiro atoms. The molecule has 1 amide bonds. The first-order valence-electron chi connectivity index (χ1n) is 6.84. The minimum Gasteiger partial charge on any atom is -0.333 e. The molecule has 2 bridgehead atoms. The standard InChI is InChI=1S/C14H18BrN3O/c1-8-5-13(9(2)17-16-8)14(19)18-11-3-4-12(18)7-10(15)6-11/h5,10-12H,3-4,6-7H2,1-2H3. The summed E-state index contributed by atoms with van der Waals surface area (Å²) in [6.45, 7) is 3.74. The summed E-state index contributed by atoms with van der Waals surface area (Å²) in [4.78, 5) is 15.4. The second kappa shape index (κ2) is 4.85. The Morgan fingerprint density at radius 3 is 2.53 bits per heavy atom. The number of carbonyl (C=O) groups is 1. The maximum absolute atomic E-state index is 12.8. The molecule has 5 heteroatoms. The number of fused-ring (bicyclic) bond motifs is 2. The Hall–Kier alpha value is -0.970. The highest BCUT2D eigenvalue weighted by atomic mass is 79.9. The number of aromatic nitrogens is 2. The summed E-state index contributed by atoms with van der Waals surface area (Å²) in [5, 5.41) is 8.08. The van der Waals surface area contributed by atoms with Crippen molar-refractivity contribution in [3.8, 4) is 0 Å². The summed E-state index contributed by atoms with van der Waals surface area (Å²) < 4.78 is 0. The maximum Gasteiger partial charge on any atom is 0.256 e. The van der Waals surface area contributed by atoms with E-state index in [1.807, 2.05) is 19.9 Å². The molecule has 2 atom stereocenters. The number of carbonyl (C=O) groups excluding carboxylic acids is 1. The van der Waals surface area contributed by atoms with Crippen molar-refractivity contribution in [1.82, 2.24) is 15.1 Å². The lowest BCUT2D eigenvalue weighted by Crippen LogP contribution is -2.47. The summed E-state index contributed by atoms with van der Waals surface area (Å²) in [5.74, 6) is 0.141. The molecule has 2 fully saturated rings. The van der Waals surface area contributed by atoms with Gasteiger partial charge < -0.3 is 4.90 Å². The largest absolute Gasteiger partial charge is 0.333 e. The second-order valence-corrected chi connectivity index (χ2v) is 6.95. The van der Waals surface area contributed by atoms with Crippen molar-refractivity contribution in [2.75, 3.05) is 0 Å². The van der Waals surface area contributed by atoms with Crippen LogP contribution in [-0.4, -0.2) is 37.9 Å². The number of aryl methyl sites for hydroxylation is 2. The van der Waals surface area contributed by atoms with Gasteiger partial charge in [-0.15, -0.1) is 0 Å². The number of hydrogen-bond donors (Lipinski definition) is 0. The third kappa shape index (κ3) is 2.29. The van der Waals surface area contributed by atoms with Gasteiger partial charge in [0.05, 0.1) is 17.0 Å². The van der Waals surface area contributed by atoms with Crippen molar-refractivity contribution >= 4 is 21.8 Å². The summed E-state index contributed by atoms with van der Waals surface area (Å²) in [7, 11) is 0. The van der Waals surface area contributed by atoms with Crippen LogP contribution in [0, 0.1) is 13.8 Å². The quantitative estimate of drug-likeness (QED) is 0.746. The van der Waals surface area contributed by atoms with E-state index in [1.165, 1.54) is 0 Å². The van der Waals surface area contributed by atoms with E-state index in [0.29, 0.717) is 16.9 Å². The Labute approximate surface area is 121 Å². The van der Waals surface area contributed by atoms with Gasteiger partial charge in [0, 0.05) is 16.9 Å². The summed E-state index contributed by atoms with van der Waals surface area (Å²) >= 11 is 3.71. The molecule has 1 aromatic heterocycles. The number of alkyl halides is 1. The smallest absolute Gasteiger partial charge is 0.256 e. The van der Waals surface area contributed by atoms with Gasteiger partial charge in [-0.1, -0.05) is 15.9 Å². The highest BCUT2D eigenvalue weighted by Crippen LogP contribution is 2.39. The molecule has 4 nitrogen and oxygen atoms in total. The summed E-state index contributed by atoms with van der Waals surface area (Å²) in [6, 6.07) is 2.65. The topological polar surface area (TPSA) is 46.1 Å². The van der Waals surface area contributed by atoms with E-state index >= 15 is 0 Å². The Kier molecular flexibility index (Phi) is 3.33. The number of hydrogen-bond acceptors (Lipinski definition) is 3. The molecular weight excluding hydrogens is 306 g/mol. The predicted octanol–water partition coefficient (Wildman–Crippen LogP) is 2.62. The Morgan fingerprint density at radius 2 is 1.89 bits per heavy atom. The third-order valence-corrected chi connectivity index (χ3v) is 4.99. The molecule has 0 aromatic carbocycles. The van der Waals surface area contributed by atoms with Crippen LogP contribution in [0.5, 0.6) is 0 Å². The van der Waals surface area contributed by atoms with Crippen LogP contribution in [0.25, 0.3) is 0 Å². The van der Waals surface area contributed by atoms with Gasteiger partial charge in [-0.3, -0.25) is 4.79 Å². The molecule has 2 aliphatic heterocycles. The van der Waals surface area contributed by atoms with E-state index in [4.69, 9.17) is 0 Å². The van der Waals surface area contributed by atoms with E-state index in [2.05, 4.69) is 31.0 Å². The van der Waals surface area contributed by atoms with Crippen LogP contribution in [0.15, 0.2) is 6.07 Å². The number of rotatable bonds is 1. The van der Waals surface area contributed by atoms with Gasteiger partial charge >= 0.3 is 0 Å². The molecule has 0 radical (unpaired) electrons. The summed E-state index contributed by atoms with van der Waals surface area (Å²) in [5.41, 5.74) is 2.25. The Morgan fingerprint density at radius 1 is 1.26 bits per heavy atom. The van der Waals surface area contributed by atoms with Gasteiger partial charge in [0.2, 0.25) is 0 Å². The summed E-state index contributed by atoms with van der Waals surface area (Å²) in [6.07, 6.45) is 4.40. The first kappa shape index (κ1) is 13.0. The van der Waals surface area contributed by atoms with E-state index < -0.39 is 0 Å². The maximum atomic E-state index is 12.8. The molecule has 0 saturated carbocycles. The van der Waals surface area contributed by atoms with Crippen LogP contribution in [0.3, 0.4) is 0 Å². The van der Waals surface area contributed by atoms with Crippen LogP contribution >= 0.6 is 15.9 Å². The zero-order chi connectivity index (χ0) is 13.6. The lowest BCUT2D eigenvalue weighted by atomic mass is 10.0. The molecule has 3 heterocycles. The van der Waals surface area contributed by atoms with Crippen molar-refractivity contribution in [3.63, 3.8) is 0 Å². The van der Waals surface area contributed by atoms with Gasteiger partial charge in [-0.05, 0) is 45.6 Å². The Balaban J connectivity index is 1.90. The zero-order valence-corrected chi connectivity index (χ0v) is 12.9. The van der Waals surface area contributed by atoms with Crippen molar-refractivity contribution in [2.24, 2.45) is 0 Å². The molecule has 19 heavy (non-hydrogen) atoms. The highest BCUT2D eigenvalue weighted by molar-refractivity contribution is 9.09. The fourth-order valence-electron chi connectivity index (χ4n) is 3.35. The van der Waals surface area contributed by atoms with Gasteiger partial charge in [0.15, 0.2) is 0 Å². The molecule has 2 aliphatic rings. The van der Waals surface area contributed by atoms with E-state index in [0.717, 1.165) is 42.6 Å². The lowest BCUT2D eigenvalue weighted by molar-refractivity contribution is 0.0602. The molecular formula is C14H18BrN3O. The minimum absolute atomic E-state index is 0.141. The number of piperidine rings is 1. The fourth-order valence-corrected chi connectivity index (χ4v) is 4.21. The van der Waals surface area contributed by atoms with E-state index in [9.17, 15) is 4.79 Å². The number of nitrogens with zero attached hydrogens (tertiary/aromatic N) is 3.